The Kier molecular flexibility index (Phi) is 6.02. The summed E-state index contributed by atoms with van der Waals surface area (Å²) in [6.07, 6.45) is 1.80. The minimum Gasteiger partial charge on any atom is -0.337 e. The lowest BCUT2D eigenvalue weighted by Crippen LogP contribution is -2.15. The maximum absolute atomic E-state index is 5.95. The van der Waals surface area contributed by atoms with Crippen LogP contribution in [-0.2, 0) is 6.54 Å². The highest BCUT2D eigenvalue weighted by Crippen LogP contribution is 2.16. The lowest BCUT2D eigenvalue weighted by Gasteiger charge is -2.07. The average molecular weight is 366 g/mol. The van der Waals surface area contributed by atoms with Gasteiger partial charge in [-0.25, -0.2) is 9.97 Å². The minimum atomic E-state index is 0. The van der Waals surface area contributed by atoms with Crippen molar-refractivity contribution in [1.82, 2.24) is 19.5 Å². The van der Waals surface area contributed by atoms with Gasteiger partial charge < -0.3 is 9.55 Å². The molecule has 0 aliphatic carbocycles. The predicted octanol–water partition coefficient (Wildman–Crippen LogP) is 3.93. The second kappa shape index (κ2) is 7.81. The summed E-state index contributed by atoms with van der Waals surface area (Å²) in [5.74, 6) is 1.27. The van der Waals surface area contributed by atoms with E-state index in [4.69, 9.17) is 16.6 Å². The molecular formula is C17H21Cl2N5. The normalized spacial score (nSPS) is 12.0. The largest absolute Gasteiger partial charge is 0.337 e. The van der Waals surface area contributed by atoms with Gasteiger partial charge in [0.15, 0.2) is 11.1 Å². The molecule has 0 saturated heterocycles. The Morgan fingerprint density at radius 2 is 1.96 bits per heavy atom. The first-order valence-electron chi connectivity index (χ1n) is 7.78. The average Bonchev–Trinajstić information content (AvgIpc) is 2.98. The smallest absolute Gasteiger partial charge is 0.176 e. The Bertz CT molecular complexity index is 878. The summed E-state index contributed by atoms with van der Waals surface area (Å²) in [4.78, 5) is 17.1. The lowest BCUT2D eigenvalue weighted by molar-refractivity contribution is 0.771. The van der Waals surface area contributed by atoms with Crippen LogP contribution in [0.15, 0.2) is 35.6 Å². The molecule has 0 unspecified atom stereocenters. The quantitative estimate of drug-likeness (QED) is 0.761. The van der Waals surface area contributed by atoms with E-state index < -0.39 is 0 Å². The Balaban J connectivity index is 0.00000208. The SMILES string of the molecule is CCN=c1ncn(Cc2ccc(Cl)cc2)c2nc(C(C)C)[nH]c12.Cl. The number of halogens is 2. The number of benzene rings is 1. The van der Waals surface area contributed by atoms with Crippen molar-refractivity contribution in [2.45, 2.75) is 33.2 Å². The molecule has 128 valence electrons. The number of rotatable bonds is 4. The van der Waals surface area contributed by atoms with Gasteiger partial charge in [-0.1, -0.05) is 37.6 Å². The molecule has 0 atom stereocenters. The second-order valence-electron chi connectivity index (χ2n) is 5.77. The number of hydrogen-bond donors (Lipinski definition) is 1. The molecule has 24 heavy (non-hydrogen) atoms. The van der Waals surface area contributed by atoms with Crippen molar-refractivity contribution in [3.63, 3.8) is 0 Å². The molecule has 0 fully saturated rings. The molecule has 2 aromatic heterocycles. The first-order valence-corrected chi connectivity index (χ1v) is 8.16. The number of nitrogens with one attached hydrogen (secondary N) is 1. The monoisotopic (exact) mass is 365 g/mol. The maximum Gasteiger partial charge on any atom is 0.176 e. The first kappa shape index (κ1) is 18.5. The summed E-state index contributed by atoms with van der Waals surface area (Å²) >= 11 is 5.95. The van der Waals surface area contributed by atoms with Crippen LogP contribution in [0.2, 0.25) is 5.02 Å². The summed E-state index contributed by atoms with van der Waals surface area (Å²) in [7, 11) is 0. The van der Waals surface area contributed by atoms with Gasteiger partial charge in [-0.3, -0.25) is 4.99 Å². The van der Waals surface area contributed by atoms with Gasteiger partial charge in [-0.15, -0.1) is 12.4 Å². The van der Waals surface area contributed by atoms with Crippen LogP contribution >= 0.6 is 24.0 Å². The van der Waals surface area contributed by atoms with Crippen LogP contribution in [0.3, 0.4) is 0 Å². The zero-order valence-electron chi connectivity index (χ0n) is 14.0. The Morgan fingerprint density at radius 1 is 1.25 bits per heavy atom. The molecule has 3 aromatic rings. The molecule has 0 aliphatic rings. The number of aromatic nitrogens is 4. The predicted molar refractivity (Wildman–Crippen MR) is 99.9 cm³/mol. The third-order valence-corrected chi connectivity index (χ3v) is 3.89. The van der Waals surface area contributed by atoms with Gasteiger partial charge in [0.1, 0.15) is 11.3 Å². The van der Waals surface area contributed by atoms with Crippen LogP contribution in [0, 0.1) is 0 Å². The molecule has 0 amide bonds. The van der Waals surface area contributed by atoms with Crippen LogP contribution in [0.4, 0.5) is 0 Å². The highest BCUT2D eigenvalue weighted by molar-refractivity contribution is 6.30. The van der Waals surface area contributed by atoms with E-state index in [2.05, 4.69) is 28.8 Å². The summed E-state index contributed by atoms with van der Waals surface area (Å²) in [5.41, 5.74) is 3.64. The highest BCUT2D eigenvalue weighted by atomic mass is 35.5. The van der Waals surface area contributed by atoms with E-state index >= 15 is 0 Å². The number of nitrogens with zero attached hydrogens (tertiary/aromatic N) is 4. The number of fused-ring (bicyclic) bond motifs is 1. The molecule has 5 nitrogen and oxygen atoms in total. The van der Waals surface area contributed by atoms with Crippen LogP contribution in [-0.4, -0.2) is 26.1 Å². The summed E-state index contributed by atoms with van der Waals surface area (Å²) in [6.45, 7) is 7.62. The molecule has 0 aliphatic heterocycles. The van der Waals surface area contributed by atoms with Gasteiger partial charge in [-0.05, 0) is 24.6 Å². The summed E-state index contributed by atoms with van der Waals surface area (Å²) < 4.78 is 2.04. The minimum absolute atomic E-state index is 0. The van der Waals surface area contributed by atoms with Gasteiger partial charge in [0.25, 0.3) is 0 Å². The summed E-state index contributed by atoms with van der Waals surface area (Å²) in [6, 6.07) is 7.82. The molecule has 1 N–H and O–H groups in total. The first-order chi connectivity index (χ1) is 11.1. The third-order valence-electron chi connectivity index (χ3n) is 3.64. The molecule has 0 bridgehead atoms. The maximum atomic E-state index is 5.95. The second-order valence-corrected chi connectivity index (χ2v) is 6.21. The van der Waals surface area contributed by atoms with Gasteiger partial charge in [-0.2, -0.15) is 0 Å². The molecule has 1 aromatic carbocycles. The van der Waals surface area contributed by atoms with Crippen LogP contribution in [0.25, 0.3) is 11.2 Å². The zero-order valence-corrected chi connectivity index (χ0v) is 15.5. The van der Waals surface area contributed by atoms with Crippen LogP contribution in [0.5, 0.6) is 0 Å². The van der Waals surface area contributed by atoms with E-state index in [-0.39, 0.29) is 12.4 Å². The Labute approximate surface area is 152 Å². The number of aromatic amines is 1. The lowest BCUT2D eigenvalue weighted by atomic mass is 10.2. The van der Waals surface area contributed by atoms with E-state index in [1.807, 2.05) is 35.8 Å². The molecule has 0 spiro atoms. The molecular weight excluding hydrogens is 345 g/mol. The van der Waals surface area contributed by atoms with Crippen molar-refractivity contribution in [2.24, 2.45) is 4.99 Å². The van der Waals surface area contributed by atoms with Crippen molar-refractivity contribution >= 4 is 35.2 Å². The standard InChI is InChI=1S/C17H20ClN5.ClH/c1-4-19-16-14-17(22-15(21-14)11(2)3)23(10-20-16)9-12-5-7-13(18)8-6-12;/h5-8,10-11H,4,9H2,1-3H3,(H,21,22);1H. The van der Waals surface area contributed by atoms with Crippen LogP contribution < -0.4 is 5.49 Å². The van der Waals surface area contributed by atoms with Crippen molar-refractivity contribution in [1.29, 1.82) is 0 Å². The Hall–Kier alpha value is -1.85. The number of imidazole rings is 1. The third kappa shape index (κ3) is 3.79. The number of hydrogen-bond acceptors (Lipinski definition) is 3. The van der Waals surface area contributed by atoms with Crippen molar-refractivity contribution < 1.29 is 0 Å². The van der Waals surface area contributed by atoms with E-state index in [1.165, 1.54) is 0 Å². The molecule has 2 heterocycles. The van der Waals surface area contributed by atoms with E-state index in [0.29, 0.717) is 24.5 Å². The molecule has 3 rings (SSSR count). The topological polar surface area (TPSA) is 58.9 Å². The fourth-order valence-corrected chi connectivity index (χ4v) is 2.56. The molecule has 7 heteroatoms. The van der Waals surface area contributed by atoms with Gasteiger partial charge in [0.2, 0.25) is 0 Å². The van der Waals surface area contributed by atoms with Crippen molar-refractivity contribution in [2.75, 3.05) is 6.54 Å². The van der Waals surface area contributed by atoms with E-state index in [1.54, 1.807) is 6.33 Å². The number of H-pyrrole nitrogens is 1. The zero-order chi connectivity index (χ0) is 16.4. The molecule has 0 radical (unpaired) electrons. The summed E-state index contributed by atoms with van der Waals surface area (Å²) in [5, 5.41) is 0.737. The highest BCUT2D eigenvalue weighted by Gasteiger charge is 2.12. The van der Waals surface area contributed by atoms with Gasteiger partial charge in [0, 0.05) is 17.5 Å². The van der Waals surface area contributed by atoms with E-state index in [9.17, 15) is 0 Å². The van der Waals surface area contributed by atoms with Crippen molar-refractivity contribution in [3.05, 3.63) is 52.5 Å². The molecule has 0 saturated carbocycles. The van der Waals surface area contributed by atoms with Gasteiger partial charge >= 0.3 is 0 Å². The van der Waals surface area contributed by atoms with E-state index in [0.717, 1.165) is 27.6 Å². The Morgan fingerprint density at radius 3 is 2.58 bits per heavy atom. The van der Waals surface area contributed by atoms with Crippen molar-refractivity contribution in [3.8, 4) is 0 Å². The van der Waals surface area contributed by atoms with Gasteiger partial charge in [0.05, 0.1) is 12.9 Å². The fraction of sp³-hybridized carbons (Fsp3) is 0.353. The fourth-order valence-electron chi connectivity index (χ4n) is 2.43. The van der Waals surface area contributed by atoms with Crippen LogP contribution in [0.1, 0.15) is 38.1 Å².